The SMILES string of the molecule is CCNCCc1ccc(COCCOCCOC)cc1. The van der Waals surface area contributed by atoms with E-state index in [1.165, 1.54) is 11.1 Å². The van der Waals surface area contributed by atoms with Crippen LogP contribution in [-0.2, 0) is 27.2 Å². The van der Waals surface area contributed by atoms with Gasteiger partial charge in [0.15, 0.2) is 0 Å². The fraction of sp³-hybridized carbons (Fsp3) is 0.625. The van der Waals surface area contributed by atoms with Crippen molar-refractivity contribution in [3.8, 4) is 0 Å². The van der Waals surface area contributed by atoms with Gasteiger partial charge in [0.25, 0.3) is 0 Å². The molecule has 0 fully saturated rings. The van der Waals surface area contributed by atoms with Crippen LogP contribution in [0.2, 0.25) is 0 Å². The van der Waals surface area contributed by atoms with E-state index in [0.717, 1.165) is 19.5 Å². The fourth-order valence-electron chi connectivity index (χ4n) is 1.76. The standard InChI is InChI=1S/C16H27NO3/c1-3-17-9-8-15-4-6-16(7-5-15)14-20-13-12-19-11-10-18-2/h4-7,17H,3,8-14H2,1-2H3. The van der Waals surface area contributed by atoms with Gasteiger partial charge >= 0.3 is 0 Å². The van der Waals surface area contributed by atoms with Gasteiger partial charge in [0.05, 0.1) is 33.0 Å². The van der Waals surface area contributed by atoms with Crippen LogP contribution in [0.25, 0.3) is 0 Å². The van der Waals surface area contributed by atoms with Crippen LogP contribution in [0.1, 0.15) is 18.1 Å². The van der Waals surface area contributed by atoms with Crippen molar-refractivity contribution >= 4 is 0 Å². The van der Waals surface area contributed by atoms with Crippen LogP contribution in [0.5, 0.6) is 0 Å². The Balaban J connectivity index is 2.08. The Labute approximate surface area is 122 Å². The van der Waals surface area contributed by atoms with Gasteiger partial charge in [0, 0.05) is 7.11 Å². The summed E-state index contributed by atoms with van der Waals surface area (Å²) in [6.45, 7) is 7.31. The van der Waals surface area contributed by atoms with Crippen molar-refractivity contribution in [2.45, 2.75) is 20.0 Å². The van der Waals surface area contributed by atoms with E-state index in [0.29, 0.717) is 33.0 Å². The van der Waals surface area contributed by atoms with Crippen molar-refractivity contribution in [1.29, 1.82) is 0 Å². The Hall–Kier alpha value is -0.940. The highest BCUT2D eigenvalue weighted by Crippen LogP contribution is 2.06. The Morgan fingerprint density at radius 3 is 2.25 bits per heavy atom. The highest BCUT2D eigenvalue weighted by Gasteiger charge is 1.96. The van der Waals surface area contributed by atoms with Gasteiger partial charge < -0.3 is 19.5 Å². The molecule has 1 aromatic rings. The summed E-state index contributed by atoms with van der Waals surface area (Å²) in [6.07, 6.45) is 1.07. The molecule has 0 radical (unpaired) electrons. The third kappa shape index (κ3) is 8.27. The van der Waals surface area contributed by atoms with Crippen molar-refractivity contribution in [2.75, 3.05) is 46.6 Å². The molecule has 0 aromatic heterocycles. The van der Waals surface area contributed by atoms with Crippen LogP contribution in [0.3, 0.4) is 0 Å². The zero-order chi connectivity index (χ0) is 14.5. The molecule has 0 atom stereocenters. The van der Waals surface area contributed by atoms with Crippen LogP contribution in [0, 0.1) is 0 Å². The first kappa shape index (κ1) is 17.1. The second kappa shape index (κ2) is 11.9. The van der Waals surface area contributed by atoms with E-state index >= 15 is 0 Å². The molecule has 0 saturated heterocycles. The lowest BCUT2D eigenvalue weighted by Gasteiger charge is -2.07. The van der Waals surface area contributed by atoms with E-state index in [1.807, 2.05) is 0 Å². The third-order valence-corrected chi connectivity index (χ3v) is 2.94. The number of nitrogens with one attached hydrogen (secondary N) is 1. The summed E-state index contributed by atoms with van der Waals surface area (Å²) in [5.74, 6) is 0. The lowest BCUT2D eigenvalue weighted by Crippen LogP contribution is -2.15. The molecular formula is C16H27NO3. The van der Waals surface area contributed by atoms with Crippen LogP contribution in [0.15, 0.2) is 24.3 Å². The van der Waals surface area contributed by atoms with Crippen molar-refractivity contribution in [2.24, 2.45) is 0 Å². The minimum absolute atomic E-state index is 0.615. The molecule has 1 rings (SSSR count). The molecule has 0 aliphatic heterocycles. The molecule has 0 aliphatic rings. The average Bonchev–Trinajstić information content (AvgIpc) is 2.48. The van der Waals surface area contributed by atoms with Crippen LogP contribution in [-0.4, -0.2) is 46.6 Å². The number of benzene rings is 1. The normalized spacial score (nSPS) is 10.9. The van der Waals surface area contributed by atoms with E-state index in [4.69, 9.17) is 14.2 Å². The van der Waals surface area contributed by atoms with E-state index in [-0.39, 0.29) is 0 Å². The molecule has 20 heavy (non-hydrogen) atoms. The molecule has 0 heterocycles. The van der Waals surface area contributed by atoms with Gasteiger partial charge in [0.2, 0.25) is 0 Å². The molecule has 0 bridgehead atoms. The number of hydrogen-bond acceptors (Lipinski definition) is 4. The molecule has 4 nitrogen and oxygen atoms in total. The zero-order valence-corrected chi connectivity index (χ0v) is 12.7. The maximum atomic E-state index is 5.56. The van der Waals surface area contributed by atoms with Gasteiger partial charge in [-0.25, -0.2) is 0 Å². The predicted molar refractivity (Wildman–Crippen MR) is 81.0 cm³/mol. The fourth-order valence-corrected chi connectivity index (χ4v) is 1.76. The van der Waals surface area contributed by atoms with E-state index in [1.54, 1.807) is 7.11 Å². The van der Waals surface area contributed by atoms with E-state index in [2.05, 4.69) is 36.5 Å². The molecule has 0 unspecified atom stereocenters. The maximum absolute atomic E-state index is 5.56. The van der Waals surface area contributed by atoms with Gasteiger partial charge in [-0.2, -0.15) is 0 Å². The summed E-state index contributed by atoms with van der Waals surface area (Å²) in [7, 11) is 1.67. The summed E-state index contributed by atoms with van der Waals surface area (Å²) in [5, 5.41) is 3.33. The number of methoxy groups -OCH3 is 1. The first-order valence-corrected chi connectivity index (χ1v) is 7.29. The minimum atomic E-state index is 0.615. The van der Waals surface area contributed by atoms with Gasteiger partial charge in [-0.15, -0.1) is 0 Å². The third-order valence-electron chi connectivity index (χ3n) is 2.94. The second-order valence-corrected chi connectivity index (χ2v) is 4.58. The summed E-state index contributed by atoms with van der Waals surface area (Å²) < 4.78 is 15.8. The van der Waals surface area contributed by atoms with Crippen molar-refractivity contribution in [3.63, 3.8) is 0 Å². The van der Waals surface area contributed by atoms with Crippen molar-refractivity contribution in [1.82, 2.24) is 5.32 Å². The maximum Gasteiger partial charge on any atom is 0.0718 e. The molecule has 114 valence electrons. The number of rotatable bonds is 12. The van der Waals surface area contributed by atoms with Crippen LogP contribution >= 0.6 is 0 Å². The molecule has 0 aliphatic carbocycles. The van der Waals surface area contributed by atoms with Crippen LogP contribution < -0.4 is 5.32 Å². The highest BCUT2D eigenvalue weighted by molar-refractivity contribution is 5.22. The first-order valence-electron chi connectivity index (χ1n) is 7.29. The number of hydrogen-bond donors (Lipinski definition) is 1. The lowest BCUT2D eigenvalue weighted by molar-refractivity contribution is 0.0199. The largest absolute Gasteiger partial charge is 0.382 e. The Kier molecular flexibility index (Phi) is 10.1. The summed E-state index contributed by atoms with van der Waals surface area (Å²) in [5.41, 5.74) is 2.56. The Bertz CT molecular complexity index is 327. The lowest BCUT2D eigenvalue weighted by atomic mass is 10.1. The molecule has 0 spiro atoms. The second-order valence-electron chi connectivity index (χ2n) is 4.58. The molecule has 1 N–H and O–H groups in total. The minimum Gasteiger partial charge on any atom is -0.382 e. The summed E-state index contributed by atoms with van der Waals surface area (Å²) >= 11 is 0. The smallest absolute Gasteiger partial charge is 0.0718 e. The van der Waals surface area contributed by atoms with Gasteiger partial charge in [0.1, 0.15) is 0 Å². The Morgan fingerprint density at radius 2 is 1.55 bits per heavy atom. The topological polar surface area (TPSA) is 39.7 Å². The quantitative estimate of drug-likeness (QED) is 0.595. The molecule has 0 saturated carbocycles. The number of likely N-dealkylation sites (N-methyl/N-ethyl adjacent to an activating group) is 1. The number of ether oxygens (including phenoxy) is 3. The monoisotopic (exact) mass is 281 g/mol. The van der Waals surface area contributed by atoms with E-state index in [9.17, 15) is 0 Å². The Morgan fingerprint density at radius 1 is 0.900 bits per heavy atom. The molecule has 1 aromatic carbocycles. The van der Waals surface area contributed by atoms with Gasteiger partial charge in [-0.1, -0.05) is 31.2 Å². The van der Waals surface area contributed by atoms with Gasteiger partial charge in [-0.05, 0) is 30.6 Å². The van der Waals surface area contributed by atoms with Gasteiger partial charge in [-0.3, -0.25) is 0 Å². The van der Waals surface area contributed by atoms with Crippen molar-refractivity contribution < 1.29 is 14.2 Å². The summed E-state index contributed by atoms with van der Waals surface area (Å²) in [4.78, 5) is 0. The predicted octanol–water partition coefficient (Wildman–Crippen LogP) is 2.02. The zero-order valence-electron chi connectivity index (χ0n) is 12.7. The van der Waals surface area contributed by atoms with E-state index < -0.39 is 0 Å². The molecule has 4 heteroatoms. The first-order chi connectivity index (χ1) is 9.86. The average molecular weight is 281 g/mol. The summed E-state index contributed by atoms with van der Waals surface area (Å²) in [6, 6.07) is 8.61. The highest BCUT2D eigenvalue weighted by atomic mass is 16.5. The molecule has 0 amide bonds. The molecular weight excluding hydrogens is 254 g/mol. The van der Waals surface area contributed by atoms with Crippen molar-refractivity contribution in [3.05, 3.63) is 35.4 Å². The van der Waals surface area contributed by atoms with Crippen LogP contribution in [0.4, 0.5) is 0 Å².